The summed E-state index contributed by atoms with van der Waals surface area (Å²) in [6.45, 7) is 2.50. The lowest BCUT2D eigenvalue weighted by molar-refractivity contribution is 0.223. The van der Waals surface area contributed by atoms with Gasteiger partial charge in [-0.1, -0.05) is 0 Å². The molecule has 1 aliphatic rings. The molecule has 0 atom stereocenters. The van der Waals surface area contributed by atoms with Crippen LogP contribution in [0.3, 0.4) is 0 Å². The summed E-state index contributed by atoms with van der Waals surface area (Å²) in [7, 11) is 0. The maximum absolute atomic E-state index is 5.01. The van der Waals surface area contributed by atoms with Gasteiger partial charge in [0.1, 0.15) is 6.61 Å². The Hall–Kier alpha value is -0.760. The lowest BCUT2D eigenvalue weighted by Gasteiger charge is -1.81. The van der Waals surface area contributed by atoms with Gasteiger partial charge in [-0.2, -0.15) is 0 Å². The Balaban J connectivity index is 2.54. The van der Waals surface area contributed by atoms with Crippen LogP contribution in [0.4, 0.5) is 0 Å². The lowest BCUT2D eigenvalue weighted by Crippen LogP contribution is -1.72. The zero-order chi connectivity index (χ0) is 5.40. The highest BCUT2D eigenvalue weighted by Crippen LogP contribution is 2.19. The van der Waals surface area contributed by atoms with Crippen LogP contribution in [0.5, 0.6) is 0 Å². The van der Waals surface area contributed by atoms with Crippen LogP contribution < -0.4 is 0 Å². The van der Waals surface area contributed by atoms with Gasteiger partial charge in [0.05, 0.1) is 6.61 Å². The van der Waals surface area contributed by atoms with Gasteiger partial charge in [0, 0.05) is 23.5 Å². The van der Waals surface area contributed by atoms with E-state index in [0.29, 0.717) is 0 Å². The fourth-order valence-electron chi connectivity index (χ4n) is 0.864. The molecule has 0 aromatic carbocycles. The molecule has 1 N–H and O–H groups in total. The quantitative estimate of drug-likeness (QED) is 0.528. The fourth-order valence-corrected chi connectivity index (χ4v) is 0.864. The Kier molecular flexibility index (Phi) is 0.704. The summed E-state index contributed by atoms with van der Waals surface area (Å²) < 4.78 is 5.01. The van der Waals surface area contributed by atoms with Gasteiger partial charge in [0.25, 0.3) is 0 Å². The molecule has 0 aliphatic carbocycles. The maximum Gasteiger partial charge on any atom is 0.115 e. The summed E-state index contributed by atoms with van der Waals surface area (Å²) in [5, 5.41) is 0. The van der Waals surface area contributed by atoms with Gasteiger partial charge >= 0.3 is 0 Å². The molecule has 0 amide bonds. The van der Waals surface area contributed by atoms with Crippen molar-refractivity contribution in [3.05, 3.63) is 30.1 Å². The average Bonchev–Trinajstić information content (AvgIpc) is 2.15. The SMILES string of the molecule is [CH]1OCc2c[nH]cc21. The largest absolute Gasteiger partial charge is 0.367 e. The van der Waals surface area contributed by atoms with Crippen LogP contribution in [-0.2, 0) is 11.3 Å². The van der Waals surface area contributed by atoms with Gasteiger partial charge in [-0.3, -0.25) is 0 Å². The summed E-state index contributed by atoms with van der Waals surface area (Å²) in [6.07, 6.45) is 3.89. The lowest BCUT2D eigenvalue weighted by atomic mass is 10.2. The Bertz CT molecular complexity index is 174. The third kappa shape index (κ3) is 0.406. The molecule has 41 valence electrons. The van der Waals surface area contributed by atoms with E-state index in [-0.39, 0.29) is 0 Å². The minimum atomic E-state index is 0.735. The Morgan fingerprint density at radius 2 is 2.50 bits per heavy atom. The molecule has 0 saturated heterocycles. The first-order chi connectivity index (χ1) is 3.97. The highest BCUT2D eigenvalue weighted by Gasteiger charge is 2.10. The average molecular weight is 108 g/mol. The molecule has 1 aliphatic heterocycles. The standard InChI is InChI=1S/C6H6NO/c1-5-3-8-4-6(5)2-7-1/h1-3,7H,4H2. The van der Waals surface area contributed by atoms with Crippen LogP contribution >= 0.6 is 0 Å². The number of aromatic nitrogens is 1. The molecule has 0 spiro atoms. The monoisotopic (exact) mass is 108 g/mol. The van der Waals surface area contributed by atoms with Crippen LogP contribution in [0.25, 0.3) is 0 Å². The number of H-pyrrole nitrogens is 1. The smallest absolute Gasteiger partial charge is 0.115 e. The van der Waals surface area contributed by atoms with E-state index < -0.39 is 0 Å². The number of ether oxygens (including phenoxy) is 1. The normalized spacial score (nSPS) is 16.5. The number of nitrogens with one attached hydrogen (secondary N) is 1. The van der Waals surface area contributed by atoms with Crippen molar-refractivity contribution >= 4 is 0 Å². The van der Waals surface area contributed by atoms with Crippen LogP contribution in [-0.4, -0.2) is 4.98 Å². The number of hydrogen-bond donors (Lipinski definition) is 1. The summed E-state index contributed by atoms with van der Waals surface area (Å²) in [6, 6.07) is 0. The van der Waals surface area contributed by atoms with Crippen molar-refractivity contribution in [2.24, 2.45) is 0 Å². The van der Waals surface area contributed by atoms with Crippen molar-refractivity contribution < 1.29 is 4.74 Å². The van der Waals surface area contributed by atoms with E-state index in [1.165, 1.54) is 11.1 Å². The predicted octanol–water partition coefficient (Wildman–Crippen LogP) is 1.05. The van der Waals surface area contributed by atoms with Crippen molar-refractivity contribution in [3.63, 3.8) is 0 Å². The Morgan fingerprint density at radius 1 is 1.50 bits per heavy atom. The van der Waals surface area contributed by atoms with Gasteiger partial charge in [-0.25, -0.2) is 0 Å². The van der Waals surface area contributed by atoms with E-state index in [9.17, 15) is 0 Å². The van der Waals surface area contributed by atoms with Crippen LogP contribution in [0.2, 0.25) is 0 Å². The molecule has 2 heterocycles. The molecule has 0 bridgehead atoms. The summed E-state index contributed by atoms with van der Waals surface area (Å²) >= 11 is 0. The Morgan fingerprint density at radius 3 is 3.38 bits per heavy atom. The van der Waals surface area contributed by atoms with Crippen molar-refractivity contribution in [1.29, 1.82) is 0 Å². The van der Waals surface area contributed by atoms with E-state index in [1.54, 1.807) is 6.61 Å². The molecule has 2 heteroatoms. The Labute approximate surface area is 47.5 Å². The fraction of sp³-hybridized carbons (Fsp3) is 0.167. The summed E-state index contributed by atoms with van der Waals surface area (Å²) in [5.41, 5.74) is 2.44. The first kappa shape index (κ1) is 4.15. The number of hydrogen-bond acceptors (Lipinski definition) is 1. The molecular formula is C6H6NO. The molecule has 8 heavy (non-hydrogen) atoms. The van der Waals surface area contributed by atoms with Crippen molar-refractivity contribution in [1.82, 2.24) is 4.98 Å². The van der Waals surface area contributed by atoms with Crippen LogP contribution in [0.1, 0.15) is 11.1 Å². The third-order valence-corrected chi connectivity index (χ3v) is 1.32. The molecule has 0 saturated carbocycles. The second kappa shape index (κ2) is 1.36. The van der Waals surface area contributed by atoms with Gasteiger partial charge in [-0.15, -0.1) is 0 Å². The molecule has 0 unspecified atom stereocenters. The zero-order valence-corrected chi connectivity index (χ0v) is 4.35. The second-order valence-electron chi connectivity index (χ2n) is 1.86. The van der Waals surface area contributed by atoms with Gasteiger partial charge < -0.3 is 9.72 Å². The maximum atomic E-state index is 5.01. The molecule has 1 aromatic rings. The highest BCUT2D eigenvalue weighted by atomic mass is 16.5. The van der Waals surface area contributed by atoms with Gasteiger partial charge in [0.15, 0.2) is 0 Å². The van der Waals surface area contributed by atoms with E-state index in [2.05, 4.69) is 4.98 Å². The van der Waals surface area contributed by atoms with Crippen LogP contribution in [0, 0.1) is 6.61 Å². The minimum absolute atomic E-state index is 0.735. The molecule has 2 nitrogen and oxygen atoms in total. The first-order valence-corrected chi connectivity index (χ1v) is 2.57. The number of fused-ring (bicyclic) bond motifs is 1. The molecule has 0 fully saturated rings. The van der Waals surface area contributed by atoms with E-state index >= 15 is 0 Å². The van der Waals surface area contributed by atoms with Crippen LogP contribution in [0.15, 0.2) is 12.4 Å². The third-order valence-electron chi connectivity index (χ3n) is 1.32. The van der Waals surface area contributed by atoms with E-state index in [1.807, 2.05) is 12.4 Å². The van der Waals surface area contributed by atoms with E-state index in [4.69, 9.17) is 4.74 Å². The molecular weight excluding hydrogens is 102 g/mol. The highest BCUT2D eigenvalue weighted by molar-refractivity contribution is 5.30. The number of aromatic amines is 1. The van der Waals surface area contributed by atoms with Crippen molar-refractivity contribution in [2.75, 3.05) is 0 Å². The molecule has 2 rings (SSSR count). The van der Waals surface area contributed by atoms with Gasteiger partial charge in [0.2, 0.25) is 0 Å². The molecule has 1 aromatic heterocycles. The summed E-state index contributed by atoms with van der Waals surface area (Å²) in [4.78, 5) is 2.99. The number of rotatable bonds is 0. The topological polar surface area (TPSA) is 25.0 Å². The summed E-state index contributed by atoms with van der Waals surface area (Å²) in [5.74, 6) is 0. The minimum Gasteiger partial charge on any atom is -0.367 e. The van der Waals surface area contributed by atoms with Crippen molar-refractivity contribution in [2.45, 2.75) is 6.61 Å². The van der Waals surface area contributed by atoms with Gasteiger partial charge in [-0.05, 0) is 0 Å². The molecule has 1 radical (unpaired) electrons. The zero-order valence-electron chi connectivity index (χ0n) is 4.35. The van der Waals surface area contributed by atoms with E-state index in [0.717, 1.165) is 6.61 Å². The van der Waals surface area contributed by atoms with Crippen molar-refractivity contribution in [3.8, 4) is 0 Å². The predicted molar refractivity (Wildman–Crippen MR) is 29.0 cm³/mol. The first-order valence-electron chi connectivity index (χ1n) is 2.57. The second-order valence-corrected chi connectivity index (χ2v) is 1.86.